The molecule has 2 saturated heterocycles. The number of piperazine rings is 1. The number of carbonyl (C=O) groups excluding carboxylic acids is 3. The van der Waals surface area contributed by atoms with E-state index in [0.29, 0.717) is 13.1 Å². The van der Waals surface area contributed by atoms with Crippen LogP contribution in [0.15, 0.2) is 83.9 Å². The first-order valence-electron chi connectivity index (χ1n) is 14.2. The number of para-hydroxylation sites is 1. The van der Waals surface area contributed by atoms with Crippen molar-refractivity contribution in [3.05, 3.63) is 95.6 Å². The van der Waals surface area contributed by atoms with Crippen LogP contribution in [0.1, 0.15) is 29.5 Å². The number of urea groups is 1. The second-order valence-electron chi connectivity index (χ2n) is 11.1. The topological polar surface area (TPSA) is 109 Å². The Morgan fingerprint density at radius 3 is 2.43 bits per heavy atom. The first kappa shape index (κ1) is 27.5. The van der Waals surface area contributed by atoms with Crippen molar-refractivity contribution in [2.45, 2.75) is 38.0 Å². The molecule has 42 heavy (non-hydrogen) atoms. The smallest absolute Gasteiger partial charge is 0.334 e. The van der Waals surface area contributed by atoms with Gasteiger partial charge in [0.25, 0.3) is 0 Å². The van der Waals surface area contributed by atoms with Crippen molar-refractivity contribution in [2.24, 2.45) is 4.99 Å². The first-order chi connectivity index (χ1) is 20.3. The van der Waals surface area contributed by atoms with E-state index in [2.05, 4.69) is 18.3 Å². The normalized spacial score (nSPS) is 22.1. The van der Waals surface area contributed by atoms with Crippen molar-refractivity contribution in [3.8, 4) is 5.75 Å². The average molecular weight is 567 g/mol. The molecule has 0 saturated carbocycles. The minimum absolute atomic E-state index is 0.0341. The molecule has 3 aromatic rings. The molecule has 0 bridgehead atoms. The van der Waals surface area contributed by atoms with Crippen molar-refractivity contribution >= 4 is 29.2 Å². The van der Waals surface area contributed by atoms with Crippen LogP contribution in [-0.2, 0) is 22.6 Å². The summed E-state index contributed by atoms with van der Waals surface area (Å²) in [5.74, 6) is -0.237. The van der Waals surface area contributed by atoms with E-state index in [0.717, 1.165) is 28.1 Å². The molecular weight excluding hydrogens is 532 g/mol. The molecule has 0 aliphatic carbocycles. The number of hydrazine groups is 1. The van der Waals surface area contributed by atoms with E-state index in [1.54, 1.807) is 51.1 Å². The second-order valence-corrected chi connectivity index (χ2v) is 11.1. The molecule has 3 atom stereocenters. The lowest BCUT2D eigenvalue weighted by atomic mass is 9.95. The van der Waals surface area contributed by atoms with Crippen LogP contribution in [0.3, 0.4) is 0 Å². The highest BCUT2D eigenvalue weighted by molar-refractivity contribution is 6.01. The fourth-order valence-electron chi connectivity index (χ4n) is 6.11. The van der Waals surface area contributed by atoms with Crippen LogP contribution in [0.5, 0.6) is 5.75 Å². The number of hydrogen-bond donors (Lipinski definition) is 2. The molecule has 10 heteroatoms. The fourth-order valence-corrected chi connectivity index (χ4v) is 6.11. The molecule has 0 spiro atoms. The van der Waals surface area contributed by atoms with E-state index in [1.165, 1.54) is 0 Å². The van der Waals surface area contributed by atoms with Gasteiger partial charge in [-0.2, -0.15) is 0 Å². The number of rotatable bonds is 6. The summed E-state index contributed by atoms with van der Waals surface area (Å²) in [6, 6.07) is 23.1. The molecule has 1 unspecified atom stereocenters. The summed E-state index contributed by atoms with van der Waals surface area (Å²) >= 11 is 0. The lowest BCUT2D eigenvalue weighted by Crippen LogP contribution is -2.76. The van der Waals surface area contributed by atoms with Crippen LogP contribution in [0.25, 0.3) is 0 Å². The summed E-state index contributed by atoms with van der Waals surface area (Å²) in [6.07, 6.45) is -0.449. The maximum Gasteiger partial charge on any atom is 0.334 e. The predicted molar refractivity (Wildman–Crippen MR) is 158 cm³/mol. The Morgan fingerprint density at radius 2 is 1.69 bits per heavy atom. The molecule has 216 valence electrons. The molecule has 0 radical (unpaired) electrons. The highest BCUT2D eigenvalue weighted by Crippen LogP contribution is 2.36. The third-order valence-corrected chi connectivity index (χ3v) is 8.32. The molecule has 3 aromatic carbocycles. The number of benzene rings is 3. The molecule has 10 nitrogen and oxygen atoms in total. The first-order valence-corrected chi connectivity index (χ1v) is 14.2. The fraction of sp³-hybridized carbons (Fsp3) is 0.312. The Morgan fingerprint density at radius 1 is 0.976 bits per heavy atom. The SMILES string of the molecule is CC1C(CN2C[C@H]3N(C(=O)CN(C)N3C(=O)NCc3ccccc3)[C@@H](Cc3ccc(O)cc3)C2=O)=Nc2ccccc21. The number of aromatic hydroxyl groups is 1. The van der Waals surface area contributed by atoms with E-state index < -0.39 is 12.2 Å². The Bertz CT molecular complexity index is 1530. The van der Waals surface area contributed by atoms with Gasteiger partial charge in [-0.05, 0) is 34.9 Å². The monoisotopic (exact) mass is 566 g/mol. The van der Waals surface area contributed by atoms with Crippen LogP contribution in [-0.4, -0.2) is 87.4 Å². The summed E-state index contributed by atoms with van der Waals surface area (Å²) in [4.78, 5) is 49.5. The highest BCUT2D eigenvalue weighted by Gasteiger charge is 2.51. The van der Waals surface area contributed by atoms with Crippen molar-refractivity contribution < 1.29 is 19.5 Å². The predicted octanol–water partition coefficient (Wildman–Crippen LogP) is 3.26. The zero-order valence-corrected chi connectivity index (χ0v) is 23.7. The highest BCUT2D eigenvalue weighted by atomic mass is 16.3. The van der Waals surface area contributed by atoms with Crippen LogP contribution in [0, 0.1) is 0 Å². The molecule has 0 aromatic heterocycles. The molecule has 3 heterocycles. The Labute approximate surface area is 244 Å². The molecule has 3 aliphatic rings. The number of fused-ring (bicyclic) bond motifs is 2. The quantitative estimate of drug-likeness (QED) is 0.476. The van der Waals surface area contributed by atoms with E-state index >= 15 is 0 Å². The summed E-state index contributed by atoms with van der Waals surface area (Å²) in [6.45, 7) is 2.83. The Balaban J connectivity index is 1.31. The van der Waals surface area contributed by atoms with Gasteiger partial charge < -0.3 is 20.2 Å². The van der Waals surface area contributed by atoms with Crippen LogP contribution in [0.4, 0.5) is 10.5 Å². The van der Waals surface area contributed by atoms with Crippen LogP contribution < -0.4 is 5.32 Å². The zero-order valence-electron chi connectivity index (χ0n) is 23.7. The van der Waals surface area contributed by atoms with Gasteiger partial charge in [0, 0.05) is 31.6 Å². The van der Waals surface area contributed by atoms with Gasteiger partial charge in [0.15, 0.2) is 0 Å². The van der Waals surface area contributed by atoms with Gasteiger partial charge in [0.2, 0.25) is 11.8 Å². The Kier molecular flexibility index (Phi) is 7.38. The number of phenolic OH excluding ortho intramolecular Hbond substituents is 1. The number of likely N-dealkylation sites (N-methyl/N-ethyl adjacent to an activating group) is 1. The van der Waals surface area contributed by atoms with Crippen molar-refractivity contribution in [3.63, 3.8) is 0 Å². The number of nitrogens with one attached hydrogen (secondary N) is 1. The van der Waals surface area contributed by atoms with Gasteiger partial charge in [0.1, 0.15) is 18.0 Å². The number of carbonyl (C=O) groups is 3. The van der Waals surface area contributed by atoms with Gasteiger partial charge >= 0.3 is 6.03 Å². The van der Waals surface area contributed by atoms with E-state index in [9.17, 15) is 19.5 Å². The number of aliphatic imine (C=N–C) groups is 1. The lowest BCUT2D eigenvalue weighted by molar-refractivity contribution is -0.186. The molecule has 6 rings (SSSR count). The summed E-state index contributed by atoms with van der Waals surface area (Å²) in [5.41, 5.74) is 4.65. The van der Waals surface area contributed by atoms with Crippen molar-refractivity contribution in [2.75, 3.05) is 26.7 Å². The van der Waals surface area contributed by atoms with E-state index in [4.69, 9.17) is 4.99 Å². The number of amides is 4. The van der Waals surface area contributed by atoms with Crippen molar-refractivity contribution in [1.82, 2.24) is 25.1 Å². The largest absolute Gasteiger partial charge is 0.508 e. The van der Waals surface area contributed by atoms with E-state index in [1.807, 2.05) is 48.5 Å². The molecule has 3 aliphatic heterocycles. The number of hydrogen-bond acceptors (Lipinski definition) is 6. The average Bonchev–Trinajstić information content (AvgIpc) is 3.30. The summed E-state index contributed by atoms with van der Waals surface area (Å²) in [7, 11) is 1.72. The van der Waals surface area contributed by atoms with Gasteiger partial charge in [-0.3, -0.25) is 14.6 Å². The Hall–Kier alpha value is -4.70. The third kappa shape index (κ3) is 5.21. The van der Waals surface area contributed by atoms with Crippen LogP contribution >= 0.6 is 0 Å². The number of phenols is 1. The maximum atomic E-state index is 14.1. The van der Waals surface area contributed by atoms with E-state index in [-0.39, 0.29) is 49.0 Å². The maximum absolute atomic E-state index is 14.1. The standard InChI is InChI=1S/C32H34N6O4/c1-21-25-10-6-7-11-26(25)34-27(21)18-36-19-29-37(28(31(36)41)16-22-12-14-24(39)15-13-22)30(40)20-35(2)38(29)32(42)33-17-23-8-4-3-5-9-23/h3-15,21,28-29,39H,16-20H2,1-2H3,(H,33,42)/t21?,28-,29-/m0/s1. The minimum atomic E-state index is -0.821. The molecular formula is C32H34N6O4. The van der Waals surface area contributed by atoms with Gasteiger partial charge in [-0.25, -0.2) is 14.8 Å². The van der Waals surface area contributed by atoms with Gasteiger partial charge in [0.05, 0.1) is 25.3 Å². The summed E-state index contributed by atoms with van der Waals surface area (Å²) < 4.78 is 0. The molecule has 2 fully saturated rings. The third-order valence-electron chi connectivity index (χ3n) is 8.32. The van der Waals surface area contributed by atoms with Gasteiger partial charge in [-0.1, -0.05) is 67.6 Å². The minimum Gasteiger partial charge on any atom is -0.508 e. The second kappa shape index (κ2) is 11.3. The lowest BCUT2D eigenvalue weighted by Gasteiger charge is -2.54. The number of nitrogens with zero attached hydrogens (tertiary/aromatic N) is 5. The zero-order chi connectivity index (χ0) is 29.4. The summed E-state index contributed by atoms with van der Waals surface area (Å²) in [5, 5.41) is 16.0. The van der Waals surface area contributed by atoms with Crippen molar-refractivity contribution in [1.29, 1.82) is 0 Å². The molecule has 2 N–H and O–H groups in total. The van der Waals surface area contributed by atoms with Gasteiger partial charge in [-0.15, -0.1) is 0 Å². The van der Waals surface area contributed by atoms with Crippen LogP contribution in [0.2, 0.25) is 0 Å². The molecule has 4 amide bonds.